The molecular formula is C15H19N3O2. The zero-order valence-corrected chi connectivity index (χ0v) is 11.5. The van der Waals surface area contributed by atoms with E-state index in [0.717, 1.165) is 17.3 Å². The number of carbonyl (C=O) groups excluding carboxylic acids is 1. The van der Waals surface area contributed by atoms with Crippen LogP contribution in [-0.2, 0) is 0 Å². The summed E-state index contributed by atoms with van der Waals surface area (Å²) in [5.74, 6) is 0.266. The van der Waals surface area contributed by atoms with Crippen LogP contribution in [0.4, 0.5) is 5.69 Å². The molecule has 1 aromatic carbocycles. The number of hydrogen-bond donors (Lipinski definition) is 3. The monoisotopic (exact) mass is 273 g/mol. The predicted molar refractivity (Wildman–Crippen MR) is 78.4 cm³/mol. The topological polar surface area (TPSA) is 82.3 Å². The summed E-state index contributed by atoms with van der Waals surface area (Å²) in [7, 11) is 0. The first kappa shape index (κ1) is 13.0. The van der Waals surface area contributed by atoms with E-state index in [0.29, 0.717) is 23.8 Å². The molecule has 0 bridgehead atoms. The van der Waals surface area contributed by atoms with Crippen molar-refractivity contribution in [2.24, 2.45) is 5.92 Å². The van der Waals surface area contributed by atoms with Gasteiger partial charge >= 0.3 is 0 Å². The van der Waals surface area contributed by atoms with Gasteiger partial charge in [0.1, 0.15) is 5.69 Å². The molecule has 0 radical (unpaired) electrons. The maximum Gasteiger partial charge on any atom is 0.270 e. The van der Waals surface area contributed by atoms with Crippen LogP contribution in [0.5, 0.6) is 0 Å². The zero-order chi connectivity index (χ0) is 14.3. The number of aliphatic hydroxyl groups excluding tert-OH is 1. The largest absolute Gasteiger partial charge is 0.397 e. The molecule has 5 nitrogen and oxygen atoms in total. The summed E-state index contributed by atoms with van der Waals surface area (Å²) in [5, 5.41) is 10.4. The van der Waals surface area contributed by atoms with Crippen molar-refractivity contribution in [3.8, 4) is 0 Å². The fraction of sp³-hybridized carbons (Fsp3) is 0.400. The van der Waals surface area contributed by atoms with Gasteiger partial charge in [-0.1, -0.05) is 19.1 Å². The molecule has 5 heteroatoms. The molecule has 2 unspecified atom stereocenters. The van der Waals surface area contributed by atoms with Gasteiger partial charge in [0.15, 0.2) is 0 Å². The first-order valence-corrected chi connectivity index (χ1v) is 6.91. The smallest absolute Gasteiger partial charge is 0.270 e. The van der Waals surface area contributed by atoms with E-state index in [1.165, 1.54) is 0 Å². The van der Waals surface area contributed by atoms with Crippen molar-refractivity contribution in [2.75, 3.05) is 18.9 Å². The number of para-hydroxylation sites is 1. The summed E-state index contributed by atoms with van der Waals surface area (Å²) in [6.45, 7) is 2.77. The van der Waals surface area contributed by atoms with Crippen LogP contribution in [0.2, 0.25) is 0 Å². The lowest BCUT2D eigenvalue weighted by atomic mass is 10.0. The van der Waals surface area contributed by atoms with Gasteiger partial charge in [0, 0.05) is 11.9 Å². The summed E-state index contributed by atoms with van der Waals surface area (Å²) in [6.07, 6.45) is 0.930. The Morgan fingerprint density at radius 3 is 3.05 bits per heavy atom. The average molecular weight is 273 g/mol. The van der Waals surface area contributed by atoms with E-state index >= 15 is 0 Å². The second-order valence-corrected chi connectivity index (χ2v) is 5.51. The second-order valence-electron chi connectivity index (χ2n) is 5.51. The van der Waals surface area contributed by atoms with Crippen LogP contribution in [0.3, 0.4) is 0 Å². The fourth-order valence-electron chi connectivity index (χ4n) is 2.99. The number of amides is 1. The highest BCUT2D eigenvalue weighted by atomic mass is 16.3. The Kier molecular flexibility index (Phi) is 3.14. The predicted octanol–water partition coefficient (Wildman–Crippen LogP) is 1.59. The van der Waals surface area contributed by atoms with Gasteiger partial charge in [-0.2, -0.15) is 0 Å². The van der Waals surface area contributed by atoms with Crippen LogP contribution in [0.25, 0.3) is 10.9 Å². The third-order valence-corrected chi connectivity index (χ3v) is 4.25. The SMILES string of the molecule is CC1CCN(C(=O)c2cc3cccc(N)c3[nH]2)C1CO. The molecule has 2 heterocycles. The van der Waals surface area contributed by atoms with Gasteiger partial charge in [0.25, 0.3) is 5.91 Å². The van der Waals surface area contributed by atoms with Gasteiger partial charge in [-0.15, -0.1) is 0 Å². The fourth-order valence-corrected chi connectivity index (χ4v) is 2.99. The number of fused-ring (bicyclic) bond motifs is 1. The maximum atomic E-state index is 12.6. The number of nitrogens with one attached hydrogen (secondary N) is 1. The highest BCUT2D eigenvalue weighted by Gasteiger charge is 2.34. The van der Waals surface area contributed by atoms with E-state index in [1.807, 2.05) is 24.3 Å². The van der Waals surface area contributed by atoms with Gasteiger partial charge < -0.3 is 20.7 Å². The number of aliphatic hydroxyl groups is 1. The van der Waals surface area contributed by atoms with E-state index < -0.39 is 0 Å². The lowest BCUT2D eigenvalue weighted by Gasteiger charge is -2.24. The van der Waals surface area contributed by atoms with Gasteiger partial charge in [0.2, 0.25) is 0 Å². The minimum Gasteiger partial charge on any atom is -0.397 e. The Morgan fingerprint density at radius 1 is 1.55 bits per heavy atom. The summed E-state index contributed by atoms with van der Waals surface area (Å²) in [4.78, 5) is 17.4. The number of carbonyl (C=O) groups is 1. The van der Waals surface area contributed by atoms with E-state index in [4.69, 9.17) is 5.73 Å². The van der Waals surface area contributed by atoms with Gasteiger partial charge in [-0.05, 0) is 24.5 Å². The zero-order valence-electron chi connectivity index (χ0n) is 11.5. The number of likely N-dealkylation sites (tertiary alicyclic amines) is 1. The number of rotatable bonds is 2. The molecule has 4 N–H and O–H groups in total. The minimum atomic E-state index is -0.0914. The van der Waals surface area contributed by atoms with Crippen molar-refractivity contribution < 1.29 is 9.90 Å². The lowest BCUT2D eigenvalue weighted by molar-refractivity contribution is 0.0643. The number of aromatic amines is 1. The molecule has 1 amide bonds. The molecule has 1 aliphatic rings. The Bertz CT molecular complexity index is 650. The molecule has 106 valence electrons. The molecule has 1 saturated heterocycles. The minimum absolute atomic E-state index is 0.00920. The number of hydrogen-bond acceptors (Lipinski definition) is 3. The van der Waals surface area contributed by atoms with Gasteiger partial charge in [-0.25, -0.2) is 0 Å². The molecule has 1 fully saturated rings. The number of anilines is 1. The number of nitrogens with two attached hydrogens (primary N) is 1. The third kappa shape index (κ3) is 1.94. The van der Waals surface area contributed by atoms with Crippen LogP contribution in [0.1, 0.15) is 23.8 Å². The molecule has 1 aliphatic heterocycles. The summed E-state index contributed by atoms with van der Waals surface area (Å²) in [5.41, 5.74) is 7.86. The molecule has 3 rings (SSSR count). The summed E-state index contributed by atoms with van der Waals surface area (Å²) in [6, 6.07) is 7.34. The highest BCUT2D eigenvalue weighted by Crippen LogP contribution is 2.27. The quantitative estimate of drug-likeness (QED) is 0.727. The maximum absolute atomic E-state index is 12.6. The molecular weight excluding hydrogens is 254 g/mol. The Labute approximate surface area is 117 Å². The van der Waals surface area contributed by atoms with E-state index in [9.17, 15) is 9.90 Å². The normalized spacial score (nSPS) is 22.6. The number of nitrogen functional groups attached to an aromatic ring is 1. The van der Waals surface area contributed by atoms with Crippen LogP contribution in [0, 0.1) is 5.92 Å². The highest BCUT2D eigenvalue weighted by molar-refractivity contribution is 6.01. The van der Waals surface area contributed by atoms with E-state index in [2.05, 4.69) is 11.9 Å². The van der Waals surface area contributed by atoms with Crippen molar-refractivity contribution >= 4 is 22.5 Å². The van der Waals surface area contributed by atoms with E-state index in [-0.39, 0.29) is 18.6 Å². The van der Waals surface area contributed by atoms with E-state index in [1.54, 1.807) is 4.90 Å². The Balaban J connectivity index is 1.95. The van der Waals surface area contributed by atoms with Crippen LogP contribution in [-0.4, -0.2) is 40.1 Å². The molecule has 1 aromatic heterocycles. The lowest BCUT2D eigenvalue weighted by Crippen LogP contribution is -2.39. The number of H-pyrrole nitrogens is 1. The number of aromatic nitrogens is 1. The average Bonchev–Trinajstić information content (AvgIpc) is 3.02. The Hall–Kier alpha value is -2.01. The second kappa shape index (κ2) is 4.83. The third-order valence-electron chi connectivity index (χ3n) is 4.25. The van der Waals surface area contributed by atoms with Crippen molar-refractivity contribution in [3.63, 3.8) is 0 Å². The van der Waals surface area contributed by atoms with Crippen LogP contribution >= 0.6 is 0 Å². The first-order chi connectivity index (χ1) is 9.61. The number of benzene rings is 1. The standard InChI is InChI=1S/C15H19N3O2/c1-9-5-6-18(13(9)8-19)15(20)12-7-10-3-2-4-11(16)14(10)17-12/h2-4,7,9,13,17,19H,5-6,8,16H2,1H3. The molecule has 2 atom stereocenters. The first-order valence-electron chi connectivity index (χ1n) is 6.91. The number of nitrogens with zero attached hydrogens (tertiary/aromatic N) is 1. The van der Waals surface area contributed by atoms with Crippen LogP contribution in [0.15, 0.2) is 24.3 Å². The van der Waals surface area contributed by atoms with Crippen LogP contribution < -0.4 is 5.73 Å². The van der Waals surface area contributed by atoms with Gasteiger partial charge in [0.05, 0.1) is 23.9 Å². The van der Waals surface area contributed by atoms with Crippen molar-refractivity contribution in [1.29, 1.82) is 0 Å². The molecule has 2 aromatic rings. The van der Waals surface area contributed by atoms with Crippen molar-refractivity contribution in [1.82, 2.24) is 9.88 Å². The van der Waals surface area contributed by atoms with Crippen molar-refractivity contribution in [2.45, 2.75) is 19.4 Å². The molecule has 0 spiro atoms. The summed E-state index contributed by atoms with van der Waals surface area (Å²) < 4.78 is 0. The van der Waals surface area contributed by atoms with Gasteiger partial charge in [-0.3, -0.25) is 4.79 Å². The summed E-state index contributed by atoms with van der Waals surface area (Å²) >= 11 is 0. The molecule has 0 saturated carbocycles. The van der Waals surface area contributed by atoms with Crippen molar-refractivity contribution in [3.05, 3.63) is 30.0 Å². The molecule has 20 heavy (non-hydrogen) atoms. The Morgan fingerprint density at radius 2 is 2.35 bits per heavy atom. The molecule has 0 aliphatic carbocycles.